The molecule has 2 aromatic rings. The van der Waals surface area contributed by atoms with Crippen molar-refractivity contribution in [2.45, 2.75) is 19.1 Å². The van der Waals surface area contributed by atoms with Crippen molar-refractivity contribution in [1.29, 1.82) is 5.26 Å². The maximum absolute atomic E-state index is 13.7. The zero-order valence-corrected chi connectivity index (χ0v) is 12.0. The Balaban J connectivity index is 2.62. The summed E-state index contributed by atoms with van der Waals surface area (Å²) in [6.45, 7) is 0.796. The molecule has 2 rings (SSSR count). The minimum Gasteiger partial charge on any atom is -0.383 e. The third-order valence-electron chi connectivity index (χ3n) is 3.32. The molecule has 0 spiro atoms. The standard InChI is InChI=1S/C13H9F4N5O2/c1-6(13(15,16)17)21-12(19)8(5-18)11(20-21)7-2-3-10(22(23)24)9(14)4-7/h2-4,6H,19H2,1H3. The number of nitrogens with two attached hydrogens (primary N) is 1. The number of aromatic nitrogens is 2. The number of rotatable bonds is 3. The van der Waals surface area contributed by atoms with E-state index in [-0.39, 0.29) is 16.8 Å². The van der Waals surface area contributed by atoms with Gasteiger partial charge in [0.1, 0.15) is 29.2 Å². The van der Waals surface area contributed by atoms with E-state index in [9.17, 15) is 27.7 Å². The molecule has 126 valence electrons. The van der Waals surface area contributed by atoms with E-state index in [0.29, 0.717) is 10.7 Å². The van der Waals surface area contributed by atoms with Gasteiger partial charge >= 0.3 is 11.9 Å². The number of anilines is 1. The maximum atomic E-state index is 13.7. The number of nitro groups is 1. The van der Waals surface area contributed by atoms with Crippen molar-refractivity contribution in [3.63, 3.8) is 0 Å². The molecule has 0 aliphatic heterocycles. The van der Waals surface area contributed by atoms with Gasteiger partial charge in [0.25, 0.3) is 0 Å². The Morgan fingerprint density at radius 2 is 2.08 bits per heavy atom. The molecule has 24 heavy (non-hydrogen) atoms. The number of hydrogen-bond donors (Lipinski definition) is 1. The van der Waals surface area contributed by atoms with Crippen LogP contribution in [0.5, 0.6) is 0 Å². The fourth-order valence-corrected chi connectivity index (χ4v) is 2.00. The van der Waals surface area contributed by atoms with E-state index in [1.807, 2.05) is 0 Å². The highest BCUT2D eigenvalue weighted by Gasteiger charge is 2.40. The predicted octanol–water partition coefficient (Wildman–Crippen LogP) is 3.17. The lowest BCUT2D eigenvalue weighted by molar-refractivity contribution is -0.387. The van der Waals surface area contributed by atoms with Crippen LogP contribution < -0.4 is 5.73 Å². The van der Waals surface area contributed by atoms with Crippen LogP contribution in [-0.2, 0) is 0 Å². The van der Waals surface area contributed by atoms with Gasteiger partial charge in [0.2, 0.25) is 5.82 Å². The average Bonchev–Trinajstić information content (AvgIpc) is 2.81. The second-order valence-electron chi connectivity index (χ2n) is 4.81. The van der Waals surface area contributed by atoms with Crippen molar-refractivity contribution < 1.29 is 22.5 Å². The van der Waals surface area contributed by atoms with Crippen LogP contribution in [0.3, 0.4) is 0 Å². The molecular formula is C13H9F4N5O2. The summed E-state index contributed by atoms with van der Waals surface area (Å²) in [4.78, 5) is 9.64. The van der Waals surface area contributed by atoms with E-state index in [2.05, 4.69) is 5.10 Å². The second-order valence-corrected chi connectivity index (χ2v) is 4.81. The summed E-state index contributed by atoms with van der Waals surface area (Å²) in [5.74, 6) is -1.74. The number of hydrogen-bond acceptors (Lipinski definition) is 5. The molecule has 0 saturated carbocycles. The number of nitrogen functional groups attached to an aromatic ring is 1. The summed E-state index contributed by atoms with van der Waals surface area (Å²) < 4.78 is 52.6. The van der Waals surface area contributed by atoms with Crippen LogP contribution in [0.1, 0.15) is 18.5 Å². The maximum Gasteiger partial charge on any atom is 0.410 e. The average molecular weight is 343 g/mol. The lowest BCUT2D eigenvalue weighted by atomic mass is 10.1. The molecule has 0 bridgehead atoms. The summed E-state index contributed by atoms with van der Waals surface area (Å²) in [6.07, 6.45) is -4.66. The topological polar surface area (TPSA) is 111 Å². The van der Waals surface area contributed by atoms with E-state index in [4.69, 9.17) is 11.0 Å². The van der Waals surface area contributed by atoms with Gasteiger partial charge in [-0.25, -0.2) is 4.68 Å². The first-order valence-corrected chi connectivity index (χ1v) is 6.37. The molecule has 0 saturated heterocycles. The van der Waals surface area contributed by atoms with E-state index in [0.717, 1.165) is 19.1 Å². The highest BCUT2D eigenvalue weighted by atomic mass is 19.4. The summed E-state index contributed by atoms with van der Waals surface area (Å²) in [5, 5.41) is 23.3. The van der Waals surface area contributed by atoms with Gasteiger partial charge in [-0.05, 0) is 19.1 Å². The zero-order chi connectivity index (χ0) is 18.2. The van der Waals surface area contributed by atoms with E-state index < -0.39 is 34.5 Å². The largest absolute Gasteiger partial charge is 0.410 e. The Kier molecular flexibility index (Phi) is 4.16. The molecular weight excluding hydrogens is 334 g/mol. The summed E-state index contributed by atoms with van der Waals surface area (Å²) in [7, 11) is 0. The SMILES string of the molecule is CC(n1nc(-c2ccc([N+](=O)[O-])c(F)c2)c(C#N)c1N)C(F)(F)F. The Labute approximate surface area is 132 Å². The molecule has 11 heteroatoms. The molecule has 2 N–H and O–H groups in total. The molecule has 1 aromatic heterocycles. The van der Waals surface area contributed by atoms with E-state index in [1.165, 1.54) is 0 Å². The summed E-state index contributed by atoms with van der Waals surface area (Å²) in [6, 6.07) is 2.12. The van der Waals surface area contributed by atoms with Gasteiger partial charge < -0.3 is 5.73 Å². The summed E-state index contributed by atoms with van der Waals surface area (Å²) in [5.41, 5.74) is 3.96. The molecule has 0 aliphatic carbocycles. The van der Waals surface area contributed by atoms with Gasteiger partial charge in [0.05, 0.1) is 4.92 Å². The minimum atomic E-state index is -4.66. The van der Waals surface area contributed by atoms with Gasteiger partial charge in [-0.3, -0.25) is 10.1 Å². The van der Waals surface area contributed by atoms with Crippen LogP contribution in [0.2, 0.25) is 0 Å². The molecule has 1 heterocycles. The van der Waals surface area contributed by atoms with Crippen LogP contribution in [0.25, 0.3) is 11.3 Å². The number of nitrogens with zero attached hydrogens (tertiary/aromatic N) is 4. The first-order chi connectivity index (χ1) is 11.1. The van der Waals surface area contributed by atoms with Crippen LogP contribution >= 0.6 is 0 Å². The molecule has 1 atom stereocenters. The van der Waals surface area contributed by atoms with Gasteiger partial charge in [0, 0.05) is 11.6 Å². The Morgan fingerprint density at radius 1 is 1.46 bits per heavy atom. The van der Waals surface area contributed by atoms with Crippen molar-refractivity contribution in [3.05, 3.63) is 39.7 Å². The lowest BCUT2D eigenvalue weighted by Gasteiger charge is -2.16. The number of nitro benzene ring substituents is 1. The Hall–Kier alpha value is -3.16. The first kappa shape index (κ1) is 17.2. The molecule has 0 radical (unpaired) electrons. The second kappa shape index (κ2) is 5.80. The Bertz CT molecular complexity index is 853. The fourth-order valence-electron chi connectivity index (χ4n) is 2.00. The van der Waals surface area contributed by atoms with Crippen molar-refractivity contribution >= 4 is 11.5 Å². The number of nitriles is 1. The molecule has 0 fully saturated rings. The van der Waals surface area contributed by atoms with Gasteiger partial charge in [-0.1, -0.05) is 0 Å². The third kappa shape index (κ3) is 2.85. The molecule has 1 aromatic carbocycles. The molecule has 0 amide bonds. The van der Waals surface area contributed by atoms with Crippen LogP contribution in [0.15, 0.2) is 18.2 Å². The van der Waals surface area contributed by atoms with Crippen molar-refractivity contribution in [2.75, 3.05) is 5.73 Å². The quantitative estimate of drug-likeness (QED) is 0.523. The number of benzene rings is 1. The van der Waals surface area contributed by atoms with Crippen LogP contribution in [-0.4, -0.2) is 20.9 Å². The number of alkyl halides is 3. The smallest absolute Gasteiger partial charge is 0.383 e. The molecule has 1 unspecified atom stereocenters. The molecule has 0 aliphatic rings. The highest BCUT2D eigenvalue weighted by Crippen LogP contribution is 2.36. The van der Waals surface area contributed by atoms with Gasteiger partial charge in [0.15, 0.2) is 0 Å². The normalized spacial score (nSPS) is 12.7. The van der Waals surface area contributed by atoms with Gasteiger partial charge in [-0.15, -0.1) is 0 Å². The fraction of sp³-hybridized carbons (Fsp3) is 0.231. The highest BCUT2D eigenvalue weighted by molar-refractivity contribution is 5.73. The monoisotopic (exact) mass is 343 g/mol. The van der Waals surface area contributed by atoms with E-state index in [1.54, 1.807) is 6.07 Å². The minimum absolute atomic E-state index is 0.102. The van der Waals surface area contributed by atoms with Crippen molar-refractivity contribution in [3.8, 4) is 17.3 Å². The molecule has 7 nitrogen and oxygen atoms in total. The van der Waals surface area contributed by atoms with Crippen LogP contribution in [0, 0.1) is 27.3 Å². The van der Waals surface area contributed by atoms with Gasteiger partial charge in [-0.2, -0.15) is 27.9 Å². The zero-order valence-electron chi connectivity index (χ0n) is 12.0. The third-order valence-corrected chi connectivity index (χ3v) is 3.32. The van der Waals surface area contributed by atoms with E-state index >= 15 is 0 Å². The predicted molar refractivity (Wildman–Crippen MR) is 74.2 cm³/mol. The Morgan fingerprint density at radius 3 is 2.54 bits per heavy atom. The first-order valence-electron chi connectivity index (χ1n) is 6.37. The lowest BCUT2D eigenvalue weighted by Crippen LogP contribution is -2.25. The van der Waals surface area contributed by atoms with Crippen molar-refractivity contribution in [2.24, 2.45) is 0 Å². The van der Waals surface area contributed by atoms with Crippen molar-refractivity contribution in [1.82, 2.24) is 9.78 Å². The summed E-state index contributed by atoms with van der Waals surface area (Å²) >= 11 is 0. The number of halogens is 4. The van der Waals surface area contributed by atoms with Crippen LogP contribution in [0.4, 0.5) is 29.1 Å².